The molecule has 0 bridgehead atoms. The van der Waals surface area contributed by atoms with Gasteiger partial charge in [0.2, 0.25) is 5.69 Å². The number of aryl methyl sites for hydroxylation is 2. The van der Waals surface area contributed by atoms with Gasteiger partial charge in [0.15, 0.2) is 35.7 Å². The molecule has 0 N–H and O–H groups in total. The molecular formula is C32H33FNO4+. The predicted octanol–water partition coefficient (Wildman–Crippen LogP) is 6.60. The SMILES string of the molecule is COc1cc2c(cc1OCc1ccc(F)cc1)CC[n+]1cc3c(OC)c(OC)ccc3c(CC=C(C)C)c1-2. The van der Waals surface area contributed by atoms with Crippen LogP contribution in [0, 0.1) is 5.82 Å². The molecule has 5 rings (SSSR count). The van der Waals surface area contributed by atoms with Crippen molar-refractivity contribution in [2.75, 3.05) is 21.3 Å². The Morgan fingerprint density at radius 3 is 2.34 bits per heavy atom. The van der Waals surface area contributed by atoms with Gasteiger partial charge in [0.25, 0.3) is 0 Å². The van der Waals surface area contributed by atoms with Gasteiger partial charge in [-0.3, -0.25) is 0 Å². The number of hydrogen-bond acceptors (Lipinski definition) is 4. The van der Waals surface area contributed by atoms with E-state index in [1.807, 2.05) is 6.07 Å². The van der Waals surface area contributed by atoms with Crippen LogP contribution < -0.4 is 23.5 Å². The van der Waals surface area contributed by atoms with Gasteiger partial charge in [0.05, 0.1) is 32.3 Å². The highest BCUT2D eigenvalue weighted by atomic mass is 19.1. The van der Waals surface area contributed by atoms with Gasteiger partial charge in [-0.05, 0) is 67.8 Å². The first-order valence-corrected chi connectivity index (χ1v) is 12.7. The largest absolute Gasteiger partial charge is 0.493 e. The van der Waals surface area contributed by atoms with Gasteiger partial charge in [-0.1, -0.05) is 23.8 Å². The van der Waals surface area contributed by atoms with E-state index in [0.29, 0.717) is 18.1 Å². The Kier molecular flexibility index (Phi) is 7.23. The normalized spacial score (nSPS) is 11.9. The number of allylic oxidation sites excluding steroid dienone is 2. The van der Waals surface area contributed by atoms with E-state index >= 15 is 0 Å². The lowest BCUT2D eigenvalue weighted by Crippen LogP contribution is -2.41. The summed E-state index contributed by atoms with van der Waals surface area (Å²) in [5, 5.41) is 2.16. The van der Waals surface area contributed by atoms with Crippen LogP contribution in [-0.4, -0.2) is 21.3 Å². The van der Waals surface area contributed by atoms with Crippen molar-refractivity contribution in [2.45, 2.75) is 39.8 Å². The van der Waals surface area contributed by atoms with Gasteiger partial charge in [0.1, 0.15) is 12.4 Å². The molecule has 0 unspecified atom stereocenters. The number of rotatable bonds is 8. The van der Waals surface area contributed by atoms with Crippen LogP contribution >= 0.6 is 0 Å². The van der Waals surface area contributed by atoms with E-state index in [1.54, 1.807) is 33.5 Å². The van der Waals surface area contributed by atoms with E-state index in [4.69, 9.17) is 18.9 Å². The van der Waals surface area contributed by atoms with Crippen LogP contribution in [0.15, 0.2) is 66.4 Å². The van der Waals surface area contributed by atoms with Crippen molar-refractivity contribution in [1.82, 2.24) is 0 Å². The number of ether oxygens (including phenoxy) is 4. The molecule has 196 valence electrons. The molecule has 0 amide bonds. The zero-order valence-corrected chi connectivity index (χ0v) is 22.6. The monoisotopic (exact) mass is 514 g/mol. The van der Waals surface area contributed by atoms with Crippen LogP contribution in [0.2, 0.25) is 0 Å². The van der Waals surface area contributed by atoms with Gasteiger partial charge in [0, 0.05) is 17.4 Å². The second kappa shape index (κ2) is 10.7. The molecule has 0 atom stereocenters. The molecule has 2 heterocycles. The summed E-state index contributed by atoms with van der Waals surface area (Å²) in [6.45, 7) is 5.40. The average molecular weight is 515 g/mol. The average Bonchev–Trinajstić information content (AvgIpc) is 2.93. The first-order valence-electron chi connectivity index (χ1n) is 12.7. The van der Waals surface area contributed by atoms with Gasteiger partial charge in [-0.2, -0.15) is 4.57 Å². The van der Waals surface area contributed by atoms with Gasteiger partial charge in [-0.15, -0.1) is 0 Å². The van der Waals surface area contributed by atoms with Crippen LogP contribution in [0.1, 0.15) is 30.5 Å². The highest BCUT2D eigenvalue weighted by molar-refractivity contribution is 5.95. The van der Waals surface area contributed by atoms with Crippen LogP contribution in [0.4, 0.5) is 4.39 Å². The summed E-state index contributed by atoms with van der Waals surface area (Å²) in [5.41, 5.74) is 6.90. The highest BCUT2D eigenvalue weighted by Crippen LogP contribution is 2.43. The molecular weight excluding hydrogens is 481 g/mol. The van der Waals surface area contributed by atoms with Crippen LogP contribution in [-0.2, 0) is 26.0 Å². The molecule has 6 heteroatoms. The van der Waals surface area contributed by atoms with Crippen molar-refractivity contribution in [2.24, 2.45) is 0 Å². The maximum Gasteiger partial charge on any atom is 0.217 e. The minimum absolute atomic E-state index is 0.260. The van der Waals surface area contributed by atoms with Crippen LogP contribution in [0.5, 0.6) is 23.0 Å². The number of halogens is 1. The number of fused-ring (bicyclic) bond motifs is 4. The summed E-state index contributed by atoms with van der Waals surface area (Å²) in [6, 6.07) is 14.6. The molecule has 38 heavy (non-hydrogen) atoms. The summed E-state index contributed by atoms with van der Waals surface area (Å²) >= 11 is 0. The zero-order chi connectivity index (χ0) is 26.8. The number of methoxy groups -OCH3 is 3. The molecule has 4 aromatic rings. The number of hydrogen-bond donors (Lipinski definition) is 0. The summed E-state index contributed by atoms with van der Waals surface area (Å²) in [5.74, 6) is 2.55. The molecule has 0 saturated carbocycles. The Balaban J connectivity index is 1.65. The molecule has 0 spiro atoms. The minimum atomic E-state index is -0.260. The Hall–Kier alpha value is -4.06. The first kappa shape index (κ1) is 25.6. The molecule has 1 aliphatic rings. The maximum absolute atomic E-state index is 13.3. The van der Waals surface area contributed by atoms with Crippen molar-refractivity contribution in [3.63, 3.8) is 0 Å². The number of aromatic nitrogens is 1. The summed E-state index contributed by atoms with van der Waals surface area (Å²) < 4.78 is 39.0. The molecule has 5 nitrogen and oxygen atoms in total. The third-order valence-corrected chi connectivity index (χ3v) is 7.06. The van der Waals surface area contributed by atoms with Crippen molar-refractivity contribution >= 4 is 10.8 Å². The Labute approximate surface area is 223 Å². The fourth-order valence-electron chi connectivity index (χ4n) is 5.15. The first-order chi connectivity index (χ1) is 18.4. The lowest BCUT2D eigenvalue weighted by atomic mass is 9.89. The van der Waals surface area contributed by atoms with E-state index in [1.165, 1.54) is 34.5 Å². The van der Waals surface area contributed by atoms with E-state index in [9.17, 15) is 4.39 Å². The summed E-state index contributed by atoms with van der Waals surface area (Å²) in [6.07, 6.45) is 6.07. The predicted molar refractivity (Wildman–Crippen MR) is 147 cm³/mol. The van der Waals surface area contributed by atoms with Crippen molar-refractivity contribution in [3.05, 3.63) is 88.9 Å². The van der Waals surface area contributed by atoms with Gasteiger partial charge in [-0.25, -0.2) is 4.39 Å². The minimum Gasteiger partial charge on any atom is -0.493 e. The van der Waals surface area contributed by atoms with E-state index < -0.39 is 0 Å². The standard InChI is InChI=1S/C32H33FNO4/c1-20(2)6-11-25-24-12-13-28(35-3)32(37-5)27(24)18-34-15-14-22-16-30(29(36-4)17-26(22)31(25)34)38-19-21-7-9-23(33)10-8-21/h6-10,12-13,16-18H,11,14-15,19H2,1-5H3/q+1. The third-order valence-electron chi connectivity index (χ3n) is 7.06. The lowest BCUT2D eigenvalue weighted by molar-refractivity contribution is -0.686. The topological polar surface area (TPSA) is 40.8 Å². The number of benzene rings is 3. The van der Waals surface area contributed by atoms with E-state index in [2.05, 4.69) is 48.9 Å². The molecule has 1 aromatic heterocycles. The number of nitrogens with zero attached hydrogens (tertiary/aromatic N) is 1. The fraction of sp³-hybridized carbons (Fsp3) is 0.281. The fourth-order valence-corrected chi connectivity index (χ4v) is 5.15. The Morgan fingerprint density at radius 2 is 1.66 bits per heavy atom. The van der Waals surface area contributed by atoms with Crippen LogP contribution in [0.3, 0.4) is 0 Å². The smallest absolute Gasteiger partial charge is 0.217 e. The summed E-state index contributed by atoms with van der Waals surface area (Å²) in [4.78, 5) is 0. The second-order valence-electron chi connectivity index (χ2n) is 9.72. The Bertz CT molecular complexity index is 1520. The van der Waals surface area contributed by atoms with E-state index in [0.717, 1.165) is 52.8 Å². The molecule has 0 saturated heterocycles. The lowest BCUT2D eigenvalue weighted by Gasteiger charge is -2.22. The van der Waals surface area contributed by atoms with Crippen molar-refractivity contribution in [3.8, 4) is 34.3 Å². The third kappa shape index (κ3) is 4.78. The molecule has 1 aliphatic heterocycles. The second-order valence-corrected chi connectivity index (χ2v) is 9.72. The van der Waals surface area contributed by atoms with Crippen molar-refractivity contribution < 1.29 is 27.9 Å². The molecule has 0 radical (unpaired) electrons. The van der Waals surface area contributed by atoms with Gasteiger partial charge < -0.3 is 18.9 Å². The van der Waals surface area contributed by atoms with E-state index in [-0.39, 0.29) is 5.82 Å². The maximum atomic E-state index is 13.3. The summed E-state index contributed by atoms with van der Waals surface area (Å²) in [7, 11) is 5.01. The molecule has 0 aliphatic carbocycles. The van der Waals surface area contributed by atoms with Crippen LogP contribution in [0.25, 0.3) is 22.0 Å². The van der Waals surface area contributed by atoms with Crippen molar-refractivity contribution in [1.29, 1.82) is 0 Å². The number of pyridine rings is 1. The molecule has 3 aromatic carbocycles. The highest BCUT2D eigenvalue weighted by Gasteiger charge is 2.31. The Morgan fingerprint density at radius 1 is 0.895 bits per heavy atom. The van der Waals surface area contributed by atoms with Gasteiger partial charge >= 0.3 is 0 Å². The zero-order valence-electron chi connectivity index (χ0n) is 22.6. The quantitative estimate of drug-likeness (QED) is 0.196. The molecule has 0 fully saturated rings.